The van der Waals surface area contributed by atoms with E-state index in [9.17, 15) is 0 Å². The van der Waals surface area contributed by atoms with Crippen LogP contribution in [0.5, 0.6) is 0 Å². The van der Waals surface area contributed by atoms with Gasteiger partial charge in [0.05, 0.1) is 0 Å². The van der Waals surface area contributed by atoms with Gasteiger partial charge in [0.2, 0.25) is 5.44 Å². The molecule has 2 bridgehead atoms. The highest BCUT2D eigenvalue weighted by Crippen LogP contribution is 2.37. The molecule has 0 spiro atoms. The number of thioether (sulfide) groups is 1. The monoisotopic (exact) mass is 173 g/mol. The zero-order valence-corrected chi connectivity index (χ0v) is 7.61. The highest BCUT2D eigenvalue weighted by Gasteiger charge is 2.50. The van der Waals surface area contributed by atoms with Crippen molar-refractivity contribution in [3.63, 3.8) is 0 Å². The molecule has 0 N–H and O–H groups in total. The van der Waals surface area contributed by atoms with Crippen LogP contribution in [0, 0.1) is 6.92 Å². The molecule has 0 aromatic rings. The maximum absolute atomic E-state index is 5.74. The van der Waals surface area contributed by atoms with Gasteiger partial charge in [-0.15, -0.1) is 11.8 Å². The van der Waals surface area contributed by atoms with E-state index in [4.69, 9.17) is 4.84 Å². The molecule has 0 aromatic carbocycles. The van der Waals surface area contributed by atoms with Gasteiger partial charge in [0.15, 0.2) is 6.54 Å². The van der Waals surface area contributed by atoms with Crippen molar-refractivity contribution in [2.45, 2.75) is 18.3 Å². The Balaban J connectivity index is 1.82. The van der Waals surface area contributed by atoms with Crippen LogP contribution in [0.25, 0.3) is 0 Å². The predicted octanol–water partition coefficient (Wildman–Crippen LogP) is 1.44. The molecule has 1 unspecified atom stereocenters. The van der Waals surface area contributed by atoms with Crippen LogP contribution in [0.2, 0.25) is 0 Å². The van der Waals surface area contributed by atoms with Crippen molar-refractivity contribution < 1.29 is 9.48 Å². The summed E-state index contributed by atoms with van der Waals surface area (Å²) < 4.78 is 0.938. The Bertz CT molecular complexity index is 140. The quantitative estimate of drug-likeness (QED) is 0.597. The Morgan fingerprint density at radius 3 is 3.00 bits per heavy atom. The molecule has 2 atom stereocenters. The lowest BCUT2D eigenvalue weighted by Gasteiger charge is -2.50. The lowest BCUT2D eigenvalue weighted by atomic mass is 10.3. The number of rotatable bonds is 3. The van der Waals surface area contributed by atoms with Gasteiger partial charge in [-0.05, 0) is 12.8 Å². The molecule has 3 aliphatic rings. The molecule has 0 saturated carbocycles. The number of quaternary nitrogens is 1. The third-order valence-corrected chi connectivity index (χ3v) is 3.47. The first-order chi connectivity index (χ1) is 5.35. The standard InChI is InChI=1S/C8H15NOS/c1-2-3-4-9-5-6-11-8(7-9)10-9/h8H,1-7H2/q+1/t8?,9-/m0/s1. The van der Waals surface area contributed by atoms with Crippen LogP contribution < -0.4 is 0 Å². The van der Waals surface area contributed by atoms with Crippen molar-refractivity contribution in [1.82, 2.24) is 0 Å². The van der Waals surface area contributed by atoms with Crippen molar-refractivity contribution in [3.8, 4) is 0 Å². The molecule has 3 rings (SSSR count). The first-order valence-electron chi connectivity index (χ1n) is 4.30. The van der Waals surface area contributed by atoms with Crippen LogP contribution in [0.3, 0.4) is 0 Å². The third kappa shape index (κ3) is 1.42. The summed E-state index contributed by atoms with van der Waals surface area (Å²) >= 11 is 1.96. The lowest BCUT2D eigenvalue weighted by molar-refractivity contribution is -1.16. The molecule has 11 heavy (non-hydrogen) atoms. The molecule has 3 aliphatic heterocycles. The van der Waals surface area contributed by atoms with Gasteiger partial charge in [0, 0.05) is 5.75 Å². The SMILES string of the molecule is [CH2]CCC[N@+]12CCSC(C1)O2. The molecule has 2 nitrogen and oxygen atoms in total. The first kappa shape index (κ1) is 7.90. The topological polar surface area (TPSA) is 9.23 Å². The highest BCUT2D eigenvalue weighted by molar-refractivity contribution is 7.99. The average Bonchev–Trinajstić information content (AvgIpc) is 2.01. The number of hydrogen-bond acceptors (Lipinski definition) is 2. The minimum atomic E-state index is 0.522. The highest BCUT2D eigenvalue weighted by atomic mass is 32.2. The Hall–Kier alpha value is 0.270. The summed E-state index contributed by atoms with van der Waals surface area (Å²) in [5.41, 5.74) is 0.522. The van der Waals surface area contributed by atoms with Gasteiger partial charge in [-0.25, -0.2) is 0 Å². The third-order valence-electron chi connectivity index (χ3n) is 2.44. The second-order valence-electron chi connectivity index (χ2n) is 3.30. The Morgan fingerprint density at radius 2 is 2.45 bits per heavy atom. The number of fused-ring (bicyclic) bond motifs is 2. The number of nitrogens with zero attached hydrogens (tertiary/aromatic N) is 1. The Morgan fingerprint density at radius 1 is 1.64 bits per heavy atom. The average molecular weight is 173 g/mol. The molecule has 0 aliphatic carbocycles. The smallest absolute Gasteiger partial charge is 0.182 e. The van der Waals surface area contributed by atoms with Crippen molar-refractivity contribution >= 4 is 11.8 Å². The fourth-order valence-electron chi connectivity index (χ4n) is 1.75. The molecule has 3 fully saturated rings. The van der Waals surface area contributed by atoms with E-state index in [1.54, 1.807) is 0 Å². The van der Waals surface area contributed by atoms with Crippen molar-refractivity contribution in [2.75, 3.05) is 25.4 Å². The van der Waals surface area contributed by atoms with E-state index >= 15 is 0 Å². The number of unbranched alkanes of at least 4 members (excludes halogenated alkanes) is 1. The van der Waals surface area contributed by atoms with E-state index in [2.05, 4.69) is 6.92 Å². The Kier molecular flexibility index (Phi) is 2.12. The van der Waals surface area contributed by atoms with E-state index in [0.29, 0.717) is 5.44 Å². The minimum absolute atomic E-state index is 0.522. The maximum Gasteiger partial charge on any atom is 0.214 e. The molecule has 3 heteroatoms. The summed E-state index contributed by atoms with van der Waals surface area (Å²) in [4.78, 5) is 5.74. The fraction of sp³-hybridized carbons (Fsp3) is 0.875. The van der Waals surface area contributed by atoms with E-state index in [0.717, 1.165) is 11.1 Å². The molecular formula is C8H15NOS+. The van der Waals surface area contributed by atoms with Gasteiger partial charge in [0.25, 0.3) is 0 Å². The van der Waals surface area contributed by atoms with Crippen molar-refractivity contribution in [1.29, 1.82) is 0 Å². The summed E-state index contributed by atoms with van der Waals surface area (Å²) in [6, 6.07) is 0. The lowest BCUT2D eigenvalue weighted by Crippen LogP contribution is -2.67. The molecule has 0 aromatic heterocycles. The van der Waals surface area contributed by atoms with Crippen LogP contribution in [-0.2, 0) is 4.84 Å². The zero-order chi connectivity index (χ0) is 7.73. The maximum atomic E-state index is 5.74. The largest absolute Gasteiger partial charge is 0.214 e. The molecule has 3 saturated heterocycles. The second kappa shape index (κ2) is 2.96. The molecular weight excluding hydrogens is 158 g/mol. The second-order valence-corrected chi connectivity index (χ2v) is 4.57. The Labute approximate surface area is 72.4 Å². The summed E-state index contributed by atoms with van der Waals surface area (Å²) in [5, 5.41) is 0. The van der Waals surface area contributed by atoms with Crippen LogP contribution in [0.4, 0.5) is 0 Å². The normalized spacial score (nSPS) is 41.7. The summed E-state index contributed by atoms with van der Waals surface area (Å²) in [7, 11) is 0. The first-order valence-corrected chi connectivity index (χ1v) is 5.35. The molecule has 0 amide bonds. The van der Waals surface area contributed by atoms with Crippen molar-refractivity contribution in [2.24, 2.45) is 0 Å². The van der Waals surface area contributed by atoms with Crippen LogP contribution in [0.15, 0.2) is 0 Å². The van der Waals surface area contributed by atoms with Crippen LogP contribution in [0.1, 0.15) is 12.8 Å². The summed E-state index contributed by atoms with van der Waals surface area (Å²) in [6.07, 6.45) is 2.25. The number of hydrogen-bond donors (Lipinski definition) is 0. The van der Waals surface area contributed by atoms with Crippen LogP contribution in [-0.4, -0.2) is 35.5 Å². The van der Waals surface area contributed by atoms with E-state index in [-0.39, 0.29) is 0 Å². The van der Waals surface area contributed by atoms with Gasteiger partial charge in [-0.2, -0.15) is 9.48 Å². The van der Waals surface area contributed by atoms with Gasteiger partial charge < -0.3 is 0 Å². The number of hydroxylamine groups is 3. The van der Waals surface area contributed by atoms with Gasteiger partial charge in [-0.1, -0.05) is 6.92 Å². The molecule has 3 heterocycles. The van der Waals surface area contributed by atoms with E-state index in [1.165, 1.54) is 31.8 Å². The van der Waals surface area contributed by atoms with E-state index in [1.807, 2.05) is 11.8 Å². The minimum Gasteiger partial charge on any atom is -0.182 e. The fourth-order valence-corrected chi connectivity index (χ4v) is 3.07. The van der Waals surface area contributed by atoms with Gasteiger partial charge in [-0.3, -0.25) is 0 Å². The molecule has 1 radical (unpaired) electrons. The summed E-state index contributed by atoms with van der Waals surface area (Å²) in [6.45, 7) is 7.48. The van der Waals surface area contributed by atoms with Crippen LogP contribution >= 0.6 is 11.8 Å². The van der Waals surface area contributed by atoms with E-state index < -0.39 is 0 Å². The predicted molar refractivity (Wildman–Crippen MR) is 46.8 cm³/mol. The zero-order valence-electron chi connectivity index (χ0n) is 6.79. The van der Waals surface area contributed by atoms with Gasteiger partial charge >= 0.3 is 0 Å². The van der Waals surface area contributed by atoms with Crippen molar-refractivity contribution in [3.05, 3.63) is 6.92 Å². The summed E-state index contributed by atoms with van der Waals surface area (Å²) in [5.74, 6) is 1.28. The van der Waals surface area contributed by atoms with Gasteiger partial charge in [0.1, 0.15) is 13.1 Å². The molecule has 63 valence electrons.